The molecule has 0 bridgehead atoms. The van der Waals surface area contributed by atoms with E-state index in [4.69, 9.17) is 0 Å². The summed E-state index contributed by atoms with van der Waals surface area (Å²) in [5.41, 5.74) is 4.51. The van der Waals surface area contributed by atoms with Crippen molar-refractivity contribution in [3.63, 3.8) is 0 Å². The van der Waals surface area contributed by atoms with Crippen LogP contribution in [0.3, 0.4) is 0 Å². The van der Waals surface area contributed by atoms with E-state index in [9.17, 15) is 0 Å². The third-order valence-corrected chi connectivity index (χ3v) is 5.94. The van der Waals surface area contributed by atoms with Gasteiger partial charge in [0.2, 0.25) is 0 Å². The van der Waals surface area contributed by atoms with Gasteiger partial charge in [-0.2, -0.15) is 11.8 Å². The number of hydrogen-bond donors (Lipinski definition) is 1. The summed E-state index contributed by atoms with van der Waals surface area (Å²) in [5, 5.41) is 3.83. The molecule has 3 rings (SSSR count). The molecule has 0 spiro atoms. The minimum Gasteiger partial charge on any atom is -0.309 e. The van der Waals surface area contributed by atoms with E-state index in [-0.39, 0.29) is 0 Å². The Kier molecular flexibility index (Phi) is 3.42. The van der Waals surface area contributed by atoms with Crippen molar-refractivity contribution < 1.29 is 0 Å². The Labute approximate surface area is 115 Å². The first-order valence-corrected chi connectivity index (χ1v) is 8.12. The molecule has 0 radical (unpaired) electrons. The fraction of sp³-hybridized carbons (Fsp3) is 0.625. The molecule has 1 saturated heterocycles. The maximum Gasteiger partial charge on any atom is 0.0326 e. The number of nitrogens with one attached hydrogen (secondary N) is 1. The van der Waals surface area contributed by atoms with Crippen LogP contribution in [0.1, 0.15) is 48.9 Å². The number of hydrogen-bond acceptors (Lipinski definition) is 2. The van der Waals surface area contributed by atoms with Crippen molar-refractivity contribution in [2.75, 3.05) is 12.3 Å². The normalized spacial score (nSPS) is 30.7. The summed E-state index contributed by atoms with van der Waals surface area (Å²) in [6, 6.07) is 7.54. The van der Waals surface area contributed by atoms with E-state index in [2.05, 4.69) is 49.1 Å². The predicted octanol–water partition coefficient (Wildman–Crippen LogP) is 3.86. The fourth-order valence-electron chi connectivity index (χ4n) is 3.25. The molecule has 1 heterocycles. The van der Waals surface area contributed by atoms with Crippen molar-refractivity contribution in [3.05, 3.63) is 34.9 Å². The smallest absolute Gasteiger partial charge is 0.0326 e. The van der Waals surface area contributed by atoms with Crippen LogP contribution in [-0.4, -0.2) is 17.0 Å². The Morgan fingerprint density at radius 3 is 3.11 bits per heavy atom. The number of thioether (sulfide) groups is 1. The molecule has 2 unspecified atom stereocenters. The largest absolute Gasteiger partial charge is 0.309 e. The van der Waals surface area contributed by atoms with E-state index in [0.717, 1.165) is 6.54 Å². The highest BCUT2D eigenvalue weighted by molar-refractivity contribution is 8.00. The van der Waals surface area contributed by atoms with Crippen molar-refractivity contribution in [2.24, 2.45) is 0 Å². The lowest BCUT2D eigenvalue weighted by Gasteiger charge is -2.26. The number of aryl methyl sites for hydroxylation is 2. The van der Waals surface area contributed by atoms with Crippen molar-refractivity contribution in [1.29, 1.82) is 0 Å². The molecule has 18 heavy (non-hydrogen) atoms. The second kappa shape index (κ2) is 4.90. The molecule has 1 aliphatic carbocycles. The maximum atomic E-state index is 3.83. The Bertz CT molecular complexity index is 435. The Balaban J connectivity index is 1.67. The maximum absolute atomic E-state index is 3.83. The van der Waals surface area contributed by atoms with Gasteiger partial charge in [0.1, 0.15) is 0 Å². The van der Waals surface area contributed by atoms with Gasteiger partial charge in [-0.15, -0.1) is 0 Å². The van der Waals surface area contributed by atoms with Gasteiger partial charge in [-0.1, -0.05) is 23.8 Å². The van der Waals surface area contributed by atoms with Crippen molar-refractivity contribution >= 4 is 11.8 Å². The second-order valence-electron chi connectivity index (χ2n) is 6.08. The van der Waals surface area contributed by atoms with Gasteiger partial charge in [-0.3, -0.25) is 0 Å². The molecule has 0 amide bonds. The predicted molar refractivity (Wildman–Crippen MR) is 80.3 cm³/mol. The molecular weight excluding hydrogens is 238 g/mol. The van der Waals surface area contributed by atoms with Gasteiger partial charge in [-0.05, 0) is 56.4 Å². The molecule has 1 N–H and O–H groups in total. The monoisotopic (exact) mass is 261 g/mol. The van der Waals surface area contributed by atoms with Gasteiger partial charge in [0, 0.05) is 17.3 Å². The van der Waals surface area contributed by atoms with Crippen molar-refractivity contribution in [2.45, 2.75) is 50.3 Å². The molecular formula is C16H23NS. The molecule has 0 aromatic heterocycles. The first-order valence-electron chi connectivity index (χ1n) is 7.13. The van der Waals surface area contributed by atoms with E-state index >= 15 is 0 Å². The molecule has 2 aliphatic rings. The topological polar surface area (TPSA) is 12.0 Å². The quantitative estimate of drug-likeness (QED) is 0.887. The van der Waals surface area contributed by atoms with Gasteiger partial charge in [0.25, 0.3) is 0 Å². The first kappa shape index (κ1) is 12.6. The minimum absolute atomic E-state index is 0.479. The van der Waals surface area contributed by atoms with E-state index in [1.54, 1.807) is 11.1 Å². The highest BCUT2D eigenvalue weighted by Gasteiger charge is 2.31. The van der Waals surface area contributed by atoms with Crippen LogP contribution in [0.4, 0.5) is 0 Å². The van der Waals surface area contributed by atoms with Crippen LogP contribution in [0.25, 0.3) is 0 Å². The van der Waals surface area contributed by atoms with E-state index in [1.807, 2.05) is 0 Å². The van der Waals surface area contributed by atoms with Crippen LogP contribution < -0.4 is 5.32 Å². The zero-order valence-electron chi connectivity index (χ0n) is 11.5. The highest BCUT2D eigenvalue weighted by atomic mass is 32.2. The zero-order valence-corrected chi connectivity index (χ0v) is 12.3. The molecule has 1 aromatic rings. The lowest BCUT2D eigenvalue weighted by atomic mass is 10.0. The molecule has 1 nitrogen and oxygen atoms in total. The molecule has 2 atom stereocenters. The van der Waals surface area contributed by atoms with Gasteiger partial charge in [0.05, 0.1) is 0 Å². The Morgan fingerprint density at radius 1 is 1.44 bits per heavy atom. The first-order chi connectivity index (χ1) is 8.66. The van der Waals surface area contributed by atoms with Gasteiger partial charge in [-0.25, -0.2) is 0 Å². The summed E-state index contributed by atoms with van der Waals surface area (Å²) in [6.45, 7) is 5.78. The average molecular weight is 261 g/mol. The Morgan fingerprint density at radius 2 is 2.33 bits per heavy atom. The van der Waals surface area contributed by atoms with Gasteiger partial charge < -0.3 is 5.32 Å². The summed E-state index contributed by atoms with van der Waals surface area (Å²) in [7, 11) is 0. The van der Waals surface area contributed by atoms with E-state index < -0.39 is 0 Å². The average Bonchev–Trinajstić information content (AvgIpc) is 2.94. The third kappa shape index (κ3) is 2.46. The van der Waals surface area contributed by atoms with Crippen molar-refractivity contribution in [3.8, 4) is 0 Å². The summed E-state index contributed by atoms with van der Waals surface area (Å²) < 4.78 is 0.479. The minimum atomic E-state index is 0.479. The molecule has 98 valence electrons. The number of rotatable bonds is 3. The lowest BCUT2D eigenvalue weighted by molar-refractivity contribution is 0.468. The van der Waals surface area contributed by atoms with E-state index in [1.165, 1.54) is 37.0 Å². The number of benzene rings is 1. The summed E-state index contributed by atoms with van der Waals surface area (Å²) in [6.07, 6.45) is 5.29. The van der Waals surface area contributed by atoms with Gasteiger partial charge in [0.15, 0.2) is 0 Å². The van der Waals surface area contributed by atoms with Gasteiger partial charge >= 0.3 is 0 Å². The standard InChI is InChI=1S/C16H23NS/c1-12-4-5-13-6-7-15(14(13)10-12)17-11-16(2)8-3-9-18-16/h4-5,10,15,17H,3,6-9,11H2,1-2H3. The molecule has 1 aliphatic heterocycles. The fourth-order valence-corrected chi connectivity index (χ4v) is 4.50. The Hall–Kier alpha value is -0.470. The molecule has 2 heteroatoms. The van der Waals surface area contributed by atoms with Crippen LogP contribution in [0.5, 0.6) is 0 Å². The summed E-state index contributed by atoms with van der Waals surface area (Å²) >= 11 is 2.15. The SMILES string of the molecule is Cc1ccc2c(c1)C(NCC1(C)CCCS1)CC2. The highest BCUT2D eigenvalue weighted by Crippen LogP contribution is 2.38. The number of fused-ring (bicyclic) bond motifs is 1. The van der Waals surface area contributed by atoms with Crippen LogP contribution in [0.2, 0.25) is 0 Å². The zero-order chi connectivity index (χ0) is 12.6. The summed E-state index contributed by atoms with van der Waals surface area (Å²) in [5.74, 6) is 1.35. The summed E-state index contributed by atoms with van der Waals surface area (Å²) in [4.78, 5) is 0. The molecule has 1 aromatic carbocycles. The van der Waals surface area contributed by atoms with Crippen LogP contribution in [0, 0.1) is 6.92 Å². The van der Waals surface area contributed by atoms with Crippen LogP contribution in [-0.2, 0) is 6.42 Å². The second-order valence-corrected chi connectivity index (χ2v) is 7.76. The molecule has 0 saturated carbocycles. The van der Waals surface area contributed by atoms with Crippen molar-refractivity contribution in [1.82, 2.24) is 5.32 Å². The van der Waals surface area contributed by atoms with E-state index in [0.29, 0.717) is 10.8 Å². The molecule has 1 fully saturated rings. The van der Waals surface area contributed by atoms with Crippen LogP contribution >= 0.6 is 11.8 Å². The van der Waals surface area contributed by atoms with Crippen LogP contribution in [0.15, 0.2) is 18.2 Å². The lowest BCUT2D eigenvalue weighted by Crippen LogP contribution is -2.34. The third-order valence-electron chi connectivity index (χ3n) is 4.40.